The average Bonchev–Trinajstić information content (AvgIpc) is 2.78. The van der Waals surface area contributed by atoms with Gasteiger partial charge in [0.15, 0.2) is 0 Å². The molecule has 1 saturated heterocycles. The van der Waals surface area contributed by atoms with Gasteiger partial charge >= 0.3 is 0 Å². The number of nitrogens with one attached hydrogen (secondary N) is 1. The molecule has 5 heteroatoms. The maximum Gasteiger partial charge on any atom is 0.240 e. The van der Waals surface area contributed by atoms with Crippen molar-refractivity contribution in [3.05, 3.63) is 0 Å². The summed E-state index contributed by atoms with van der Waals surface area (Å²) < 4.78 is 0. The molecule has 5 nitrogen and oxygen atoms in total. The summed E-state index contributed by atoms with van der Waals surface area (Å²) in [6.45, 7) is -0.0631. The zero-order valence-corrected chi connectivity index (χ0v) is 14.8. The first-order valence-corrected chi connectivity index (χ1v) is 10.2. The lowest BCUT2D eigenvalue weighted by molar-refractivity contribution is -0.145. The fraction of sp³-hybridized carbons (Fsp3) is 0.850. The van der Waals surface area contributed by atoms with E-state index in [4.69, 9.17) is 0 Å². The summed E-state index contributed by atoms with van der Waals surface area (Å²) in [5.41, 5.74) is -0.0512. The van der Waals surface area contributed by atoms with E-state index in [1.165, 1.54) is 24.2 Å². The maximum absolute atomic E-state index is 12.7. The number of amides is 3. The minimum absolute atomic E-state index is 0.0512. The summed E-state index contributed by atoms with van der Waals surface area (Å²) in [7, 11) is 0. The Bertz CT molecular complexity index is 569. The van der Waals surface area contributed by atoms with Crippen LogP contribution in [0.1, 0.15) is 64.2 Å². The third-order valence-corrected chi connectivity index (χ3v) is 7.68. The van der Waals surface area contributed by atoms with E-state index in [1.807, 2.05) is 0 Å². The molecule has 4 bridgehead atoms. The van der Waals surface area contributed by atoms with Gasteiger partial charge in [-0.1, -0.05) is 12.8 Å². The van der Waals surface area contributed by atoms with Crippen molar-refractivity contribution < 1.29 is 14.4 Å². The number of nitrogens with zero attached hydrogens (tertiary/aromatic N) is 1. The van der Waals surface area contributed by atoms with Gasteiger partial charge in [0.1, 0.15) is 6.54 Å². The van der Waals surface area contributed by atoms with Gasteiger partial charge in [0.2, 0.25) is 17.7 Å². The van der Waals surface area contributed by atoms with Gasteiger partial charge in [-0.3, -0.25) is 19.3 Å². The molecule has 0 radical (unpaired) electrons. The minimum Gasteiger partial charge on any atom is -0.349 e. The van der Waals surface area contributed by atoms with Crippen LogP contribution < -0.4 is 5.32 Å². The Labute approximate surface area is 148 Å². The fourth-order valence-corrected chi connectivity index (χ4v) is 7.13. The Hall–Kier alpha value is -1.39. The number of rotatable bonds is 3. The number of hydrogen-bond acceptors (Lipinski definition) is 3. The van der Waals surface area contributed by atoms with Crippen LogP contribution in [-0.2, 0) is 14.4 Å². The molecule has 0 aromatic carbocycles. The van der Waals surface area contributed by atoms with E-state index < -0.39 is 0 Å². The van der Waals surface area contributed by atoms with Gasteiger partial charge < -0.3 is 5.32 Å². The van der Waals surface area contributed by atoms with Gasteiger partial charge in [0.25, 0.3) is 0 Å². The van der Waals surface area contributed by atoms with Crippen LogP contribution in [-0.4, -0.2) is 34.7 Å². The molecule has 0 aromatic rings. The molecule has 0 aromatic heterocycles. The highest BCUT2D eigenvalue weighted by atomic mass is 16.2. The van der Waals surface area contributed by atoms with Gasteiger partial charge in [-0.15, -0.1) is 0 Å². The lowest BCUT2D eigenvalue weighted by Crippen LogP contribution is -2.61. The summed E-state index contributed by atoms with van der Waals surface area (Å²) in [5.74, 6) is 1.66. The van der Waals surface area contributed by atoms with Gasteiger partial charge in [-0.05, 0) is 69.1 Å². The van der Waals surface area contributed by atoms with Crippen LogP contribution in [0.3, 0.4) is 0 Å². The topological polar surface area (TPSA) is 66.5 Å². The lowest BCUT2D eigenvalue weighted by Gasteiger charge is -2.57. The number of fused-ring (bicyclic) bond motifs is 1. The highest BCUT2D eigenvalue weighted by Crippen LogP contribution is 2.55. The second kappa shape index (κ2) is 5.55. The Balaban J connectivity index is 1.27. The Morgan fingerprint density at radius 2 is 1.40 bits per heavy atom. The van der Waals surface area contributed by atoms with Crippen molar-refractivity contribution in [2.75, 3.05) is 6.54 Å². The molecule has 1 aliphatic heterocycles. The molecule has 6 rings (SSSR count). The second-order valence-electron chi connectivity index (χ2n) is 9.51. The van der Waals surface area contributed by atoms with Crippen LogP contribution in [0.25, 0.3) is 0 Å². The number of hydrogen-bond donors (Lipinski definition) is 1. The summed E-state index contributed by atoms with van der Waals surface area (Å²) in [4.78, 5) is 39.1. The summed E-state index contributed by atoms with van der Waals surface area (Å²) in [6.07, 6.45) is 10.9. The molecule has 25 heavy (non-hydrogen) atoms. The average molecular weight is 344 g/mol. The molecule has 6 fully saturated rings. The van der Waals surface area contributed by atoms with Crippen molar-refractivity contribution in [3.63, 3.8) is 0 Å². The third kappa shape index (κ3) is 2.53. The second-order valence-corrected chi connectivity index (χ2v) is 9.51. The molecular formula is C20H28N2O3. The Morgan fingerprint density at radius 1 is 0.920 bits per heavy atom. The third-order valence-electron chi connectivity index (χ3n) is 7.68. The number of carbonyl (C=O) groups excluding carboxylic acids is 3. The quantitative estimate of drug-likeness (QED) is 0.799. The van der Waals surface area contributed by atoms with Crippen LogP contribution in [0.15, 0.2) is 0 Å². The molecule has 5 saturated carbocycles. The molecule has 2 atom stereocenters. The smallest absolute Gasteiger partial charge is 0.240 e. The molecule has 0 unspecified atom stereocenters. The molecular weight excluding hydrogens is 316 g/mol. The fourth-order valence-electron chi connectivity index (χ4n) is 7.13. The Morgan fingerprint density at radius 3 is 1.88 bits per heavy atom. The van der Waals surface area contributed by atoms with E-state index in [1.54, 1.807) is 0 Å². The predicted octanol–water partition coefficient (Wildman–Crippen LogP) is 2.25. The molecule has 5 aliphatic carbocycles. The van der Waals surface area contributed by atoms with Crippen LogP contribution in [0.4, 0.5) is 0 Å². The first-order chi connectivity index (χ1) is 12.0. The molecule has 3 amide bonds. The van der Waals surface area contributed by atoms with E-state index in [9.17, 15) is 14.4 Å². The Kier molecular flexibility index (Phi) is 3.52. The SMILES string of the molecule is O=C(CN1C(=O)[C@H]2CCCC[C@H]2C1=O)NC12CC3CC(CC(C3)C1)C2. The highest BCUT2D eigenvalue weighted by Gasteiger charge is 2.52. The van der Waals surface area contributed by atoms with Crippen molar-refractivity contribution in [1.29, 1.82) is 0 Å². The highest BCUT2D eigenvalue weighted by molar-refractivity contribution is 6.07. The zero-order valence-electron chi connectivity index (χ0n) is 14.8. The summed E-state index contributed by atoms with van der Waals surface area (Å²) in [6, 6.07) is 0. The lowest BCUT2D eigenvalue weighted by atomic mass is 9.53. The number of imide groups is 1. The van der Waals surface area contributed by atoms with Crippen molar-refractivity contribution in [2.45, 2.75) is 69.7 Å². The molecule has 0 spiro atoms. The standard InChI is InChI=1S/C20H28N2O3/c23-17(11-22-18(24)15-3-1-2-4-16(15)19(22)25)21-20-8-12-5-13(9-20)7-14(6-12)10-20/h12-16H,1-11H2,(H,21,23)/t12?,13?,14?,15-,16+,20?. The van der Waals surface area contributed by atoms with E-state index in [0.717, 1.165) is 62.7 Å². The normalized spacial score (nSPS) is 45.0. The van der Waals surface area contributed by atoms with Gasteiger partial charge in [0.05, 0.1) is 11.8 Å². The predicted molar refractivity (Wildman–Crippen MR) is 91.2 cm³/mol. The summed E-state index contributed by atoms with van der Waals surface area (Å²) >= 11 is 0. The maximum atomic E-state index is 12.7. The van der Waals surface area contributed by atoms with E-state index in [2.05, 4.69) is 5.32 Å². The molecule has 1 N–H and O–H groups in total. The van der Waals surface area contributed by atoms with E-state index in [0.29, 0.717) is 0 Å². The number of likely N-dealkylation sites (tertiary alicyclic amines) is 1. The van der Waals surface area contributed by atoms with E-state index in [-0.39, 0.29) is 41.6 Å². The van der Waals surface area contributed by atoms with Crippen LogP contribution in [0.5, 0.6) is 0 Å². The zero-order chi connectivity index (χ0) is 17.2. The van der Waals surface area contributed by atoms with Crippen LogP contribution in [0.2, 0.25) is 0 Å². The van der Waals surface area contributed by atoms with Gasteiger partial charge in [-0.25, -0.2) is 0 Å². The number of carbonyl (C=O) groups is 3. The monoisotopic (exact) mass is 344 g/mol. The molecule has 6 aliphatic rings. The van der Waals surface area contributed by atoms with Gasteiger partial charge in [-0.2, -0.15) is 0 Å². The van der Waals surface area contributed by atoms with E-state index >= 15 is 0 Å². The molecule has 136 valence electrons. The minimum atomic E-state index is -0.159. The van der Waals surface area contributed by atoms with Gasteiger partial charge in [0, 0.05) is 5.54 Å². The largest absolute Gasteiger partial charge is 0.349 e. The molecule has 1 heterocycles. The summed E-state index contributed by atoms with van der Waals surface area (Å²) in [5, 5.41) is 3.29. The first-order valence-electron chi connectivity index (χ1n) is 10.2. The van der Waals surface area contributed by atoms with Crippen molar-refractivity contribution >= 4 is 17.7 Å². The first kappa shape index (κ1) is 15.8. The van der Waals surface area contributed by atoms with Crippen molar-refractivity contribution in [1.82, 2.24) is 10.2 Å². The van der Waals surface area contributed by atoms with Crippen LogP contribution >= 0.6 is 0 Å². The van der Waals surface area contributed by atoms with Crippen LogP contribution in [0, 0.1) is 29.6 Å². The van der Waals surface area contributed by atoms with Crippen molar-refractivity contribution in [3.8, 4) is 0 Å². The van der Waals surface area contributed by atoms with Crippen molar-refractivity contribution in [2.24, 2.45) is 29.6 Å².